The largest absolute Gasteiger partial charge is 0.382 e. The Hall–Kier alpha value is -1.80. The summed E-state index contributed by atoms with van der Waals surface area (Å²) >= 11 is 0. The van der Waals surface area contributed by atoms with E-state index in [4.69, 9.17) is 8.92 Å². The number of rotatable bonds is 11. The van der Waals surface area contributed by atoms with Gasteiger partial charge in [0.1, 0.15) is 5.75 Å². The fraction of sp³-hybridized carbons (Fsp3) is 0.696. The summed E-state index contributed by atoms with van der Waals surface area (Å²) in [6.07, 6.45) is 4.94. The lowest BCUT2D eigenvalue weighted by Gasteiger charge is -2.33. The van der Waals surface area contributed by atoms with Crippen LogP contribution in [0.3, 0.4) is 0 Å². The number of carbonyl (C=O) groups excluding carboxylic acids is 1. The van der Waals surface area contributed by atoms with E-state index in [0.29, 0.717) is 24.4 Å². The number of carbonyl (C=O) groups is 1. The molecule has 31 heavy (non-hydrogen) atoms. The maximum Gasteiger partial charge on any atom is 0.308 e. The number of hydrogen-bond donors (Lipinski definition) is 0. The minimum atomic E-state index is -3.69. The molecule has 174 valence electrons. The molecule has 8 heteroatoms. The van der Waals surface area contributed by atoms with Gasteiger partial charge >= 0.3 is 10.1 Å². The molecule has 0 unspecified atom stereocenters. The first-order valence-electron chi connectivity index (χ1n) is 11.6. The molecule has 1 aliphatic carbocycles. The normalized spacial score (nSPS) is 19.1. The van der Waals surface area contributed by atoms with Gasteiger partial charge in [-0.25, -0.2) is 0 Å². The van der Waals surface area contributed by atoms with Crippen molar-refractivity contribution in [2.75, 3.05) is 36.9 Å². The van der Waals surface area contributed by atoms with Crippen LogP contribution in [0.25, 0.3) is 0 Å². The van der Waals surface area contributed by atoms with Crippen LogP contribution >= 0.6 is 0 Å². The molecule has 3 rings (SSSR count). The fourth-order valence-electron chi connectivity index (χ4n) is 4.12. The van der Waals surface area contributed by atoms with E-state index in [0.717, 1.165) is 57.5 Å². The lowest BCUT2D eigenvalue weighted by molar-refractivity contribution is -0.140. The van der Waals surface area contributed by atoms with Crippen LogP contribution in [0.2, 0.25) is 0 Å². The third-order valence-electron chi connectivity index (χ3n) is 6.32. The van der Waals surface area contributed by atoms with Crippen molar-refractivity contribution in [2.45, 2.75) is 65.5 Å². The number of amides is 1. The van der Waals surface area contributed by atoms with Gasteiger partial charge in [-0.15, -0.1) is 0 Å². The topological polar surface area (TPSA) is 76.2 Å². The third-order valence-corrected chi connectivity index (χ3v) is 7.47. The van der Waals surface area contributed by atoms with Gasteiger partial charge in [-0.1, -0.05) is 12.5 Å². The molecule has 1 heterocycles. The van der Waals surface area contributed by atoms with Gasteiger partial charge in [0, 0.05) is 56.0 Å². The summed E-state index contributed by atoms with van der Waals surface area (Å²) in [6.45, 7) is 8.88. The zero-order chi connectivity index (χ0) is 22.4. The van der Waals surface area contributed by atoms with Crippen molar-refractivity contribution in [1.82, 2.24) is 4.90 Å². The van der Waals surface area contributed by atoms with Gasteiger partial charge in [0.25, 0.3) is 0 Å². The van der Waals surface area contributed by atoms with Crippen molar-refractivity contribution in [3.05, 3.63) is 23.8 Å². The van der Waals surface area contributed by atoms with Crippen LogP contribution in [0, 0.1) is 5.92 Å². The van der Waals surface area contributed by atoms with E-state index >= 15 is 0 Å². The predicted octanol–water partition coefficient (Wildman–Crippen LogP) is 3.57. The molecule has 7 nitrogen and oxygen atoms in total. The Kier molecular flexibility index (Phi) is 8.22. The zero-order valence-corrected chi connectivity index (χ0v) is 19.8. The first kappa shape index (κ1) is 23.9. The molecule has 1 saturated carbocycles. The molecular formula is C23H36N2O5S. The summed E-state index contributed by atoms with van der Waals surface area (Å²) in [6, 6.07) is 5.66. The number of benzene rings is 1. The van der Waals surface area contributed by atoms with E-state index in [-0.39, 0.29) is 23.7 Å². The minimum Gasteiger partial charge on any atom is -0.382 e. The number of anilines is 1. The van der Waals surface area contributed by atoms with Crippen LogP contribution in [-0.2, 0) is 26.2 Å². The molecule has 2 fully saturated rings. The maximum absolute atomic E-state index is 13.1. The SMILES string of the molecule is CCN(CC)c1ccc(CN(C[C@@H]2CCCO2)C(=O)C2CCC2)c(OS(=O)(=O)CC)c1. The number of nitrogens with zero attached hydrogens (tertiary/aromatic N) is 2. The van der Waals surface area contributed by atoms with Crippen LogP contribution in [0.4, 0.5) is 5.69 Å². The van der Waals surface area contributed by atoms with Crippen molar-refractivity contribution in [2.24, 2.45) is 5.92 Å². The molecule has 1 aromatic carbocycles. The summed E-state index contributed by atoms with van der Waals surface area (Å²) in [5, 5.41) is 0. The van der Waals surface area contributed by atoms with Crippen LogP contribution in [-0.4, -0.2) is 57.3 Å². The smallest absolute Gasteiger partial charge is 0.308 e. The molecule has 1 saturated heterocycles. The average molecular weight is 453 g/mol. The van der Waals surface area contributed by atoms with Gasteiger partial charge in [0.05, 0.1) is 11.9 Å². The third kappa shape index (κ3) is 6.13. The summed E-state index contributed by atoms with van der Waals surface area (Å²) in [7, 11) is -3.69. The summed E-state index contributed by atoms with van der Waals surface area (Å²) < 4.78 is 35.8. The molecule has 2 aliphatic rings. The van der Waals surface area contributed by atoms with Crippen LogP contribution in [0.15, 0.2) is 18.2 Å². The average Bonchev–Trinajstić information content (AvgIpc) is 3.21. The first-order valence-corrected chi connectivity index (χ1v) is 13.1. The van der Waals surface area contributed by atoms with Gasteiger partial charge < -0.3 is 18.7 Å². The molecular weight excluding hydrogens is 416 g/mol. The maximum atomic E-state index is 13.1. The Morgan fingerprint density at radius 1 is 1.13 bits per heavy atom. The Balaban J connectivity index is 1.89. The predicted molar refractivity (Wildman–Crippen MR) is 122 cm³/mol. The van der Waals surface area contributed by atoms with Crippen LogP contribution < -0.4 is 9.08 Å². The molecule has 1 aromatic rings. The lowest BCUT2D eigenvalue weighted by Crippen LogP contribution is -2.42. The molecule has 1 amide bonds. The minimum absolute atomic E-state index is 0.0442. The molecule has 0 spiro atoms. The Morgan fingerprint density at radius 3 is 2.42 bits per heavy atom. The summed E-state index contributed by atoms with van der Waals surface area (Å²) in [5.41, 5.74) is 1.62. The van der Waals surface area contributed by atoms with E-state index in [1.807, 2.05) is 17.0 Å². The van der Waals surface area contributed by atoms with E-state index in [1.54, 1.807) is 13.0 Å². The van der Waals surface area contributed by atoms with E-state index in [9.17, 15) is 13.2 Å². The number of hydrogen-bond acceptors (Lipinski definition) is 6. The monoisotopic (exact) mass is 452 g/mol. The molecule has 0 bridgehead atoms. The highest BCUT2D eigenvalue weighted by Gasteiger charge is 2.32. The highest BCUT2D eigenvalue weighted by molar-refractivity contribution is 7.87. The van der Waals surface area contributed by atoms with Gasteiger partial charge in [0.2, 0.25) is 5.91 Å². The molecule has 1 aliphatic heterocycles. The number of ether oxygens (including phenoxy) is 1. The van der Waals surface area contributed by atoms with E-state index in [1.165, 1.54) is 0 Å². The van der Waals surface area contributed by atoms with Crippen molar-refractivity contribution in [1.29, 1.82) is 0 Å². The summed E-state index contributed by atoms with van der Waals surface area (Å²) in [5.74, 6) is 0.409. The van der Waals surface area contributed by atoms with E-state index in [2.05, 4.69) is 18.7 Å². The molecule has 1 atom stereocenters. The molecule has 0 N–H and O–H groups in total. The Bertz CT molecular complexity index is 844. The van der Waals surface area contributed by atoms with Crippen LogP contribution in [0.5, 0.6) is 5.75 Å². The summed E-state index contributed by atoms with van der Waals surface area (Å²) in [4.78, 5) is 17.1. The lowest BCUT2D eigenvalue weighted by atomic mass is 9.84. The zero-order valence-electron chi connectivity index (χ0n) is 19.0. The second kappa shape index (κ2) is 10.7. The van der Waals surface area contributed by atoms with Crippen molar-refractivity contribution < 1.29 is 22.1 Å². The van der Waals surface area contributed by atoms with Gasteiger partial charge in [-0.05, 0) is 52.5 Å². The van der Waals surface area contributed by atoms with Gasteiger partial charge in [0.15, 0.2) is 0 Å². The second-order valence-electron chi connectivity index (χ2n) is 8.38. The van der Waals surface area contributed by atoms with E-state index < -0.39 is 10.1 Å². The Morgan fingerprint density at radius 2 is 1.87 bits per heavy atom. The van der Waals surface area contributed by atoms with Crippen LogP contribution in [0.1, 0.15) is 58.4 Å². The fourth-order valence-corrected chi connectivity index (χ4v) is 4.66. The van der Waals surface area contributed by atoms with Crippen molar-refractivity contribution >= 4 is 21.7 Å². The Labute approximate surface area is 186 Å². The first-order chi connectivity index (χ1) is 14.9. The molecule has 0 radical (unpaired) electrons. The van der Waals surface area contributed by atoms with Gasteiger partial charge in [-0.2, -0.15) is 8.42 Å². The second-order valence-corrected chi connectivity index (χ2v) is 10.2. The van der Waals surface area contributed by atoms with Gasteiger partial charge in [-0.3, -0.25) is 4.79 Å². The highest BCUT2D eigenvalue weighted by Crippen LogP contribution is 2.32. The van der Waals surface area contributed by atoms with Crippen molar-refractivity contribution in [3.8, 4) is 5.75 Å². The standard InChI is InChI=1S/C23H36N2O5S/c1-4-24(5-2)20-13-12-19(22(15-20)30-31(27,28)6-3)16-25(17-21-11-8-14-29-21)23(26)18-9-7-10-18/h12-13,15,18,21H,4-11,14,16-17H2,1-3H3/t21-/m0/s1. The highest BCUT2D eigenvalue weighted by atomic mass is 32.2. The van der Waals surface area contributed by atoms with Crippen molar-refractivity contribution in [3.63, 3.8) is 0 Å². The molecule has 0 aromatic heterocycles. The quantitative estimate of drug-likeness (QED) is 0.478.